The van der Waals surface area contributed by atoms with E-state index in [0.29, 0.717) is 5.75 Å². The number of carbonyl (C=O) groups is 1. The Morgan fingerprint density at radius 3 is 2.77 bits per heavy atom. The Hall–Kier alpha value is -0.260. The van der Waals surface area contributed by atoms with Crippen LogP contribution in [0, 0.1) is 0 Å². The minimum absolute atomic E-state index is 0.0934. The van der Waals surface area contributed by atoms with Gasteiger partial charge in [-0.3, -0.25) is 4.79 Å². The van der Waals surface area contributed by atoms with E-state index in [4.69, 9.17) is 5.73 Å². The molecule has 0 spiro atoms. The number of piperazine rings is 1. The zero-order chi connectivity index (χ0) is 9.68. The maximum atomic E-state index is 11.6. The Morgan fingerprint density at radius 1 is 1.62 bits per heavy atom. The van der Waals surface area contributed by atoms with Crippen molar-refractivity contribution in [3.05, 3.63) is 0 Å². The summed E-state index contributed by atoms with van der Waals surface area (Å²) in [6.45, 7) is 3.36. The third kappa shape index (κ3) is 3.17. The number of amides is 1. The highest BCUT2D eigenvalue weighted by Gasteiger charge is 2.21. The van der Waals surface area contributed by atoms with Gasteiger partial charge in [-0.1, -0.05) is 0 Å². The molecular formula is C8H17N3OS. The second-order valence-electron chi connectivity index (χ2n) is 3.14. The van der Waals surface area contributed by atoms with Crippen LogP contribution in [0.4, 0.5) is 0 Å². The zero-order valence-electron chi connectivity index (χ0n) is 7.95. The van der Waals surface area contributed by atoms with Crippen LogP contribution in [0.2, 0.25) is 0 Å². The lowest BCUT2D eigenvalue weighted by Crippen LogP contribution is -2.52. The molecule has 1 saturated heterocycles. The van der Waals surface area contributed by atoms with Gasteiger partial charge in [0.2, 0.25) is 5.91 Å². The van der Waals surface area contributed by atoms with E-state index in [9.17, 15) is 4.79 Å². The van der Waals surface area contributed by atoms with Crippen LogP contribution in [0.15, 0.2) is 0 Å². The zero-order valence-corrected chi connectivity index (χ0v) is 8.77. The molecule has 5 heteroatoms. The first-order chi connectivity index (χ1) is 6.25. The molecule has 0 aliphatic carbocycles. The van der Waals surface area contributed by atoms with E-state index in [1.807, 2.05) is 11.2 Å². The summed E-state index contributed by atoms with van der Waals surface area (Å²) >= 11 is 1.61. The fourth-order valence-electron chi connectivity index (χ4n) is 1.37. The normalized spacial score (nSPS) is 20.0. The molecule has 3 N–H and O–H groups in total. The van der Waals surface area contributed by atoms with Crippen molar-refractivity contribution < 1.29 is 4.79 Å². The molecule has 1 amide bonds. The molecule has 1 unspecified atom stereocenters. The average molecular weight is 203 g/mol. The molecular weight excluding hydrogens is 186 g/mol. The first-order valence-electron chi connectivity index (χ1n) is 4.49. The third-order valence-electron chi connectivity index (χ3n) is 2.09. The van der Waals surface area contributed by atoms with E-state index in [2.05, 4.69) is 5.32 Å². The van der Waals surface area contributed by atoms with Crippen LogP contribution in [-0.2, 0) is 4.79 Å². The molecule has 13 heavy (non-hydrogen) atoms. The van der Waals surface area contributed by atoms with Gasteiger partial charge >= 0.3 is 0 Å². The number of carbonyl (C=O) groups excluding carboxylic acids is 1. The lowest BCUT2D eigenvalue weighted by atomic mass is 10.2. The Labute approximate surface area is 83.2 Å². The highest BCUT2D eigenvalue weighted by molar-refractivity contribution is 7.98. The van der Waals surface area contributed by atoms with Gasteiger partial charge in [0.15, 0.2) is 0 Å². The topological polar surface area (TPSA) is 58.4 Å². The van der Waals surface area contributed by atoms with Crippen molar-refractivity contribution in [1.82, 2.24) is 10.2 Å². The summed E-state index contributed by atoms with van der Waals surface area (Å²) in [7, 11) is 0. The van der Waals surface area contributed by atoms with Gasteiger partial charge in [0.25, 0.3) is 0 Å². The smallest absolute Gasteiger partial charge is 0.240 e. The lowest BCUT2D eigenvalue weighted by molar-refractivity contribution is -0.132. The van der Waals surface area contributed by atoms with Crippen molar-refractivity contribution >= 4 is 17.7 Å². The minimum Gasteiger partial charge on any atom is -0.339 e. The lowest BCUT2D eigenvalue weighted by Gasteiger charge is -2.29. The molecule has 1 atom stereocenters. The average Bonchev–Trinajstić information content (AvgIpc) is 2.18. The number of hydrogen-bond donors (Lipinski definition) is 2. The van der Waals surface area contributed by atoms with Crippen LogP contribution in [0.5, 0.6) is 0 Å². The van der Waals surface area contributed by atoms with Gasteiger partial charge < -0.3 is 16.0 Å². The molecule has 4 nitrogen and oxygen atoms in total. The number of nitrogens with zero attached hydrogens (tertiary/aromatic N) is 1. The predicted octanol–water partition coefficient (Wildman–Crippen LogP) is -0.891. The summed E-state index contributed by atoms with van der Waals surface area (Å²) in [5, 5.41) is 3.20. The van der Waals surface area contributed by atoms with Crippen LogP contribution in [0.25, 0.3) is 0 Å². The van der Waals surface area contributed by atoms with Crippen molar-refractivity contribution in [3.63, 3.8) is 0 Å². The van der Waals surface area contributed by atoms with E-state index >= 15 is 0 Å². The summed E-state index contributed by atoms with van der Waals surface area (Å²) < 4.78 is 0. The molecule has 0 saturated carbocycles. The first kappa shape index (κ1) is 10.8. The van der Waals surface area contributed by atoms with Crippen molar-refractivity contribution in [1.29, 1.82) is 0 Å². The Morgan fingerprint density at radius 2 is 2.23 bits per heavy atom. The number of nitrogens with one attached hydrogen (secondary N) is 1. The number of hydrogen-bond acceptors (Lipinski definition) is 4. The molecule has 1 aliphatic rings. The molecule has 0 radical (unpaired) electrons. The Balaban J connectivity index is 2.36. The summed E-state index contributed by atoms with van der Waals surface area (Å²) in [5.41, 5.74) is 5.73. The van der Waals surface area contributed by atoms with Crippen molar-refractivity contribution in [2.24, 2.45) is 5.73 Å². The fraction of sp³-hybridized carbons (Fsp3) is 0.875. The highest BCUT2D eigenvalue weighted by atomic mass is 32.2. The summed E-state index contributed by atoms with van der Waals surface area (Å²) in [5.74, 6) is 0.804. The predicted molar refractivity (Wildman–Crippen MR) is 55.8 cm³/mol. The maximum absolute atomic E-state index is 11.6. The molecule has 0 bridgehead atoms. The van der Waals surface area contributed by atoms with E-state index in [1.54, 1.807) is 11.8 Å². The van der Waals surface area contributed by atoms with E-state index in [1.165, 1.54) is 0 Å². The van der Waals surface area contributed by atoms with E-state index in [-0.39, 0.29) is 11.9 Å². The Kier molecular flexibility index (Phi) is 4.55. The van der Waals surface area contributed by atoms with Crippen LogP contribution < -0.4 is 11.1 Å². The van der Waals surface area contributed by atoms with Gasteiger partial charge in [0.1, 0.15) is 0 Å². The SMILES string of the molecule is CSCC(N)C(=O)N1CCNCC1. The fourth-order valence-corrected chi connectivity index (χ4v) is 1.87. The standard InChI is InChI=1S/C8H17N3OS/c1-13-6-7(9)8(12)11-4-2-10-3-5-11/h7,10H,2-6,9H2,1H3. The number of rotatable bonds is 3. The molecule has 1 heterocycles. The molecule has 1 rings (SSSR count). The Bertz CT molecular complexity index is 171. The highest BCUT2D eigenvalue weighted by Crippen LogP contribution is 2.01. The van der Waals surface area contributed by atoms with Crippen molar-refractivity contribution in [3.8, 4) is 0 Å². The van der Waals surface area contributed by atoms with Gasteiger partial charge in [-0.25, -0.2) is 0 Å². The second kappa shape index (κ2) is 5.47. The van der Waals surface area contributed by atoms with Gasteiger partial charge in [-0.2, -0.15) is 11.8 Å². The van der Waals surface area contributed by atoms with Crippen LogP contribution >= 0.6 is 11.8 Å². The molecule has 0 aromatic heterocycles. The van der Waals surface area contributed by atoms with Gasteiger partial charge in [0, 0.05) is 31.9 Å². The van der Waals surface area contributed by atoms with Crippen LogP contribution in [0.3, 0.4) is 0 Å². The largest absolute Gasteiger partial charge is 0.339 e. The van der Waals surface area contributed by atoms with Gasteiger partial charge in [-0.05, 0) is 6.26 Å². The summed E-state index contributed by atoms with van der Waals surface area (Å²) in [4.78, 5) is 13.5. The number of thioether (sulfide) groups is 1. The summed E-state index contributed by atoms with van der Waals surface area (Å²) in [6.07, 6.45) is 1.96. The van der Waals surface area contributed by atoms with Crippen LogP contribution in [0.1, 0.15) is 0 Å². The van der Waals surface area contributed by atoms with Crippen molar-refractivity contribution in [2.45, 2.75) is 6.04 Å². The van der Waals surface area contributed by atoms with Crippen LogP contribution in [-0.4, -0.2) is 55.0 Å². The minimum atomic E-state index is -0.326. The monoisotopic (exact) mass is 203 g/mol. The van der Waals surface area contributed by atoms with Crippen molar-refractivity contribution in [2.75, 3.05) is 38.2 Å². The molecule has 0 aromatic rings. The quantitative estimate of drug-likeness (QED) is 0.625. The van der Waals surface area contributed by atoms with E-state index < -0.39 is 0 Å². The molecule has 0 aromatic carbocycles. The molecule has 76 valence electrons. The molecule has 1 fully saturated rings. The second-order valence-corrected chi connectivity index (χ2v) is 4.05. The molecule has 1 aliphatic heterocycles. The number of nitrogens with two attached hydrogens (primary N) is 1. The van der Waals surface area contributed by atoms with Gasteiger partial charge in [-0.15, -0.1) is 0 Å². The van der Waals surface area contributed by atoms with Gasteiger partial charge in [0.05, 0.1) is 6.04 Å². The first-order valence-corrected chi connectivity index (χ1v) is 5.89. The third-order valence-corrected chi connectivity index (χ3v) is 2.78. The summed E-state index contributed by atoms with van der Waals surface area (Å²) in [6, 6.07) is -0.326. The maximum Gasteiger partial charge on any atom is 0.240 e. The van der Waals surface area contributed by atoms with E-state index in [0.717, 1.165) is 26.2 Å².